The molecule has 1 heterocycles. The summed E-state index contributed by atoms with van der Waals surface area (Å²) in [5.74, 6) is 0.780. The minimum absolute atomic E-state index is 0.0286. The van der Waals surface area contributed by atoms with Crippen LogP contribution in [-0.4, -0.2) is 43.0 Å². The summed E-state index contributed by atoms with van der Waals surface area (Å²) < 4.78 is 0. The molecule has 0 aromatic heterocycles. The van der Waals surface area contributed by atoms with E-state index in [1.54, 1.807) is 0 Å². The minimum Gasteiger partial charge on any atom is -0.354 e. The summed E-state index contributed by atoms with van der Waals surface area (Å²) in [4.78, 5) is 25.4. The molecule has 1 aliphatic heterocycles. The van der Waals surface area contributed by atoms with Crippen LogP contribution < -0.4 is 10.6 Å². The number of nitrogens with one attached hydrogen (secondary N) is 2. The van der Waals surface area contributed by atoms with Crippen LogP contribution in [0.2, 0.25) is 0 Å². The van der Waals surface area contributed by atoms with E-state index in [1.165, 1.54) is 5.56 Å². The maximum atomic E-state index is 12.1. The average Bonchev–Trinajstić information content (AvgIpc) is 3.29. The van der Waals surface area contributed by atoms with E-state index in [0.717, 1.165) is 32.4 Å². The largest absolute Gasteiger partial charge is 0.354 e. The molecule has 0 radical (unpaired) electrons. The van der Waals surface area contributed by atoms with Gasteiger partial charge in [-0.1, -0.05) is 30.3 Å². The van der Waals surface area contributed by atoms with Crippen molar-refractivity contribution < 1.29 is 9.59 Å². The van der Waals surface area contributed by atoms with Gasteiger partial charge >= 0.3 is 6.03 Å². The quantitative estimate of drug-likeness (QED) is 0.813. The van der Waals surface area contributed by atoms with E-state index in [0.29, 0.717) is 19.0 Å². The lowest BCUT2D eigenvalue weighted by atomic mass is 9.99. The van der Waals surface area contributed by atoms with Crippen LogP contribution in [0.3, 0.4) is 0 Å². The molecule has 22 heavy (non-hydrogen) atoms. The molecular weight excluding hydrogens is 278 g/mol. The van der Waals surface area contributed by atoms with Gasteiger partial charge in [0.05, 0.1) is 0 Å². The van der Waals surface area contributed by atoms with E-state index in [2.05, 4.69) is 22.8 Å². The molecule has 2 aliphatic rings. The van der Waals surface area contributed by atoms with Gasteiger partial charge in [0.25, 0.3) is 0 Å². The van der Waals surface area contributed by atoms with Gasteiger partial charge in [-0.3, -0.25) is 4.79 Å². The molecule has 118 valence electrons. The topological polar surface area (TPSA) is 61.4 Å². The molecule has 1 aromatic rings. The molecule has 5 nitrogen and oxygen atoms in total. The van der Waals surface area contributed by atoms with Gasteiger partial charge in [-0.05, 0) is 24.8 Å². The van der Waals surface area contributed by atoms with Crippen LogP contribution in [0, 0.1) is 5.92 Å². The van der Waals surface area contributed by atoms with Gasteiger partial charge in [0.2, 0.25) is 5.91 Å². The second kappa shape index (κ2) is 6.81. The molecule has 5 heteroatoms. The molecule has 2 N–H and O–H groups in total. The van der Waals surface area contributed by atoms with E-state index < -0.39 is 0 Å². The highest BCUT2D eigenvalue weighted by atomic mass is 16.2. The summed E-state index contributed by atoms with van der Waals surface area (Å²) >= 11 is 0. The fraction of sp³-hybridized carbons (Fsp3) is 0.529. The van der Waals surface area contributed by atoms with Crippen LogP contribution in [0.15, 0.2) is 30.3 Å². The van der Waals surface area contributed by atoms with Gasteiger partial charge in [0.1, 0.15) is 0 Å². The average molecular weight is 301 g/mol. The van der Waals surface area contributed by atoms with Crippen molar-refractivity contribution in [1.29, 1.82) is 0 Å². The molecule has 1 saturated carbocycles. The highest BCUT2D eigenvalue weighted by Gasteiger charge is 2.29. The molecule has 0 bridgehead atoms. The van der Waals surface area contributed by atoms with Gasteiger partial charge in [0, 0.05) is 38.0 Å². The number of hydrogen-bond acceptors (Lipinski definition) is 2. The lowest BCUT2D eigenvalue weighted by molar-refractivity contribution is -0.122. The Bertz CT molecular complexity index is 528. The number of urea groups is 1. The molecule has 1 aliphatic carbocycles. The Morgan fingerprint density at radius 3 is 2.50 bits per heavy atom. The number of carbonyl (C=O) groups is 2. The van der Waals surface area contributed by atoms with Crippen LogP contribution in [0.5, 0.6) is 0 Å². The van der Waals surface area contributed by atoms with E-state index in [9.17, 15) is 9.59 Å². The SMILES string of the molecule is O=C(NCCNC(=O)N1CC[C@H](c2ccccc2)C1)C1CC1. The van der Waals surface area contributed by atoms with Crippen molar-refractivity contribution in [3.63, 3.8) is 0 Å². The van der Waals surface area contributed by atoms with Crippen LogP contribution in [-0.2, 0) is 4.79 Å². The molecule has 0 spiro atoms. The molecule has 3 amide bonds. The van der Waals surface area contributed by atoms with Crippen molar-refractivity contribution in [2.75, 3.05) is 26.2 Å². The maximum absolute atomic E-state index is 12.1. The van der Waals surface area contributed by atoms with Gasteiger partial charge in [-0.15, -0.1) is 0 Å². The Morgan fingerprint density at radius 1 is 1.05 bits per heavy atom. The van der Waals surface area contributed by atoms with E-state index in [4.69, 9.17) is 0 Å². The lowest BCUT2D eigenvalue weighted by Crippen LogP contribution is -2.42. The number of benzene rings is 1. The van der Waals surface area contributed by atoms with Gasteiger partial charge in [0.15, 0.2) is 0 Å². The summed E-state index contributed by atoms with van der Waals surface area (Å²) in [6.07, 6.45) is 3.02. The normalized spacial score (nSPS) is 20.7. The maximum Gasteiger partial charge on any atom is 0.317 e. The Morgan fingerprint density at radius 2 is 1.77 bits per heavy atom. The number of hydrogen-bond donors (Lipinski definition) is 2. The first-order valence-corrected chi connectivity index (χ1v) is 8.09. The second-order valence-electron chi connectivity index (χ2n) is 6.14. The molecule has 1 saturated heterocycles. The zero-order valence-corrected chi connectivity index (χ0v) is 12.8. The molecule has 0 unspecified atom stereocenters. The van der Waals surface area contributed by atoms with Crippen LogP contribution in [0.4, 0.5) is 4.79 Å². The Labute approximate surface area is 131 Å². The molecule has 1 atom stereocenters. The van der Waals surface area contributed by atoms with Crippen molar-refractivity contribution in [3.05, 3.63) is 35.9 Å². The Hall–Kier alpha value is -2.04. The van der Waals surface area contributed by atoms with Crippen molar-refractivity contribution in [1.82, 2.24) is 15.5 Å². The van der Waals surface area contributed by atoms with Crippen molar-refractivity contribution in [2.45, 2.75) is 25.2 Å². The van der Waals surface area contributed by atoms with E-state index >= 15 is 0 Å². The number of nitrogens with zero attached hydrogens (tertiary/aromatic N) is 1. The Kier molecular flexibility index (Phi) is 4.61. The zero-order chi connectivity index (χ0) is 15.4. The van der Waals surface area contributed by atoms with Gasteiger partial charge < -0.3 is 15.5 Å². The highest BCUT2D eigenvalue weighted by molar-refractivity contribution is 5.80. The van der Waals surface area contributed by atoms with E-state index in [-0.39, 0.29) is 17.9 Å². The third-order valence-electron chi connectivity index (χ3n) is 4.40. The zero-order valence-electron chi connectivity index (χ0n) is 12.8. The van der Waals surface area contributed by atoms with Gasteiger partial charge in [-0.25, -0.2) is 4.79 Å². The third-order valence-corrected chi connectivity index (χ3v) is 4.40. The predicted octanol–water partition coefficient (Wildman–Crippen LogP) is 1.71. The first-order chi connectivity index (χ1) is 10.7. The highest BCUT2D eigenvalue weighted by Crippen LogP contribution is 2.28. The third kappa shape index (κ3) is 3.78. The first-order valence-electron chi connectivity index (χ1n) is 8.09. The fourth-order valence-corrected chi connectivity index (χ4v) is 2.90. The van der Waals surface area contributed by atoms with Crippen LogP contribution in [0.25, 0.3) is 0 Å². The van der Waals surface area contributed by atoms with Crippen LogP contribution >= 0.6 is 0 Å². The first kappa shape index (κ1) is 14.9. The molecular formula is C17H23N3O2. The summed E-state index contributed by atoms with van der Waals surface area (Å²) in [5, 5.41) is 5.74. The molecule has 3 rings (SSSR count). The summed E-state index contributed by atoms with van der Waals surface area (Å²) in [7, 11) is 0. The monoisotopic (exact) mass is 301 g/mol. The second-order valence-corrected chi connectivity index (χ2v) is 6.14. The number of rotatable bonds is 5. The van der Waals surface area contributed by atoms with E-state index in [1.807, 2.05) is 23.1 Å². The fourth-order valence-electron chi connectivity index (χ4n) is 2.90. The molecule has 2 fully saturated rings. The molecule has 1 aromatic carbocycles. The summed E-state index contributed by atoms with van der Waals surface area (Å²) in [5.41, 5.74) is 1.30. The number of amides is 3. The summed E-state index contributed by atoms with van der Waals surface area (Å²) in [6, 6.07) is 10.3. The summed E-state index contributed by atoms with van der Waals surface area (Å²) in [6.45, 7) is 2.56. The Balaban J connectivity index is 1.37. The van der Waals surface area contributed by atoms with Crippen LogP contribution in [0.1, 0.15) is 30.7 Å². The van der Waals surface area contributed by atoms with Crippen molar-refractivity contribution in [3.8, 4) is 0 Å². The number of carbonyl (C=O) groups excluding carboxylic acids is 2. The number of likely N-dealkylation sites (tertiary alicyclic amines) is 1. The predicted molar refractivity (Wildman–Crippen MR) is 84.5 cm³/mol. The van der Waals surface area contributed by atoms with Gasteiger partial charge in [-0.2, -0.15) is 0 Å². The smallest absolute Gasteiger partial charge is 0.317 e. The standard InChI is InChI=1S/C17H23N3O2/c21-16(14-6-7-14)18-9-10-19-17(22)20-11-8-15(12-20)13-4-2-1-3-5-13/h1-5,14-15H,6-12H2,(H,18,21)(H,19,22)/t15-/m0/s1. The van der Waals surface area contributed by atoms with Crippen molar-refractivity contribution >= 4 is 11.9 Å². The van der Waals surface area contributed by atoms with Crippen molar-refractivity contribution in [2.24, 2.45) is 5.92 Å². The lowest BCUT2D eigenvalue weighted by Gasteiger charge is -2.17. The minimum atomic E-state index is -0.0286.